The summed E-state index contributed by atoms with van der Waals surface area (Å²) in [7, 11) is 0. The van der Waals surface area contributed by atoms with E-state index in [1.54, 1.807) is 34.0 Å². The second kappa shape index (κ2) is 8.64. The van der Waals surface area contributed by atoms with Gasteiger partial charge in [0.2, 0.25) is 9.98 Å². The summed E-state index contributed by atoms with van der Waals surface area (Å²) in [6.45, 7) is 7.11. The molecule has 0 aromatic carbocycles. The normalized spacial score (nSPS) is 36.9. The van der Waals surface area contributed by atoms with Gasteiger partial charge in [-0.2, -0.15) is 0 Å². The van der Waals surface area contributed by atoms with E-state index in [1.165, 1.54) is 11.8 Å². The minimum Gasteiger partial charge on any atom is -0.469 e. The summed E-state index contributed by atoms with van der Waals surface area (Å²) in [4.78, 5) is 25.4. The molecule has 164 valence electrons. The number of ether oxygens (including phenoxy) is 7. The molecule has 0 aliphatic carbocycles. The maximum Gasteiger partial charge on any atom is 0.343 e. The van der Waals surface area contributed by atoms with Crippen molar-refractivity contribution in [1.82, 2.24) is 0 Å². The molecule has 11 heteroatoms. The van der Waals surface area contributed by atoms with Crippen LogP contribution in [0.3, 0.4) is 0 Å². The van der Waals surface area contributed by atoms with Crippen molar-refractivity contribution >= 4 is 40.3 Å². The lowest BCUT2D eigenvalue weighted by Gasteiger charge is -2.33. The summed E-state index contributed by atoms with van der Waals surface area (Å²) in [6, 6.07) is 0. The zero-order valence-corrected chi connectivity index (χ0v) is 18.6. The first-order valence-corrected chi connectivity index (χ1v) is 11.1. The predicted molar refractivity (Wildman–Crippen MR) is 105 cm³/mol. The number of thioether (sulfide) groups is 1. The van der Waals surface area contributed by atoms with Crippen LogP contribution in [-0.4, -0.2) is 77.9 Å². The molecule has 6 atom stereocenters. The van der Waals surface area contributed by atoms with E-state index in [0.717, 1.165) is 0 Å². The van der Waals surface area contributed by atoms with Gasteiger partial charge in [-0.15, -0.1) is 0 Å². The average Bonchev–Trinajstić information content (AvgIpc) is 3.21. The molecule has 3 aliphatic heterocycles. The number of fused-ring (bicyclic) bond motifs is 3. The highest BCUT2D eigenvalue weighted by Gasteiger charge is 2.71. The van der Waals surface area contributed by atoms with Crippen LogP contribution in [0.15, 0.2) is 0 Å². The molecule has 9 nitrogen and oxygen atoms in total. The molecule has 3 saturated heterocycles. The molecule has 3 fully saturated rings. The molecular weight excluding hydrogens is 424 g/mol. The van der Waals surface area contributed by atoms with E-state index >= 15 is 0 Å². The van der Waals surface area contributed by atoms with Gasteiger partial charge in [-0.05, 0) is 46.2 Å². The van der Waals surface area contributed by atoms with Gasteiger partial charge < -0.3 is 33.2 Å². The van der Waals surface area contributed by atoms with Crippen LogP contribution in [0.5, 0.6) is 0 Å². The van der Waals surface area contributed by atoms with Crippen molar-refractivity contribution in [2.75, 3.05) is 19.5 Å². The van der Waals surface area contributed by atoms with E-state index in [0.29, 0.717) is 0 Å². The molecule has 0 bridgehead atoms. The quantitative estimate of drug-likeness (QED) is 0.435. The molecule has 0 unspecified atom stereocenters. The molecule has 0 amide bonds. The molecular formula is C18H26O9S2. The molecule has 3 rings (SSSR count). The summed E-state index contributed by atoms with van der Waals surface area (Å²) in [5.41, 5.74) is -1.78. The maximum absolute atomic E-state index is 13.0. The van der Waals surface area contributed by atoms with Crippen molar-refractivity contribution < 1.29 is 42.7 Å². The molecule has 3 aliphatic rings. The van der Waals surface area contributed by atoms with Gasteiger partial charge in [0, 0.05) is 0 Å². The third-order valence-corrected chi connectivity index (χ3v) is 5.88. The monoisotopic (exact) mass is 450 g/mol. The first-order chi connectivity index (χ1) is 13.7. The Balaban J connectivity index is 1.96. The lowest BCUT2D eigenvalue weighted by molar-refractivity contribution is -0.214. The van der Waals surface area contributed by atoms with Gasteiger partial charge in [0.15, 0.2) is 18.2 Å². The van der Waals surface area contributed by atoms with Crippen molar-refractivity contribution in [3.8, 4) is 0 Å². The third kappa shape index (κ3) is 4.26. The Bertz CT molecular complexity index is 670. The van der Waals surface area contributed by atoms with Crippen molar-refractivity contribution in [3.05, 3.63) is 0 Å². The number of carbonyl (C=O) groups is 2. The molecule has 0 N–H and O–H groups in total. The van der Waals surface area contributed by atoms with Gasteiger partial charge in [-0.1, -0.05) is 11.8 Å². The molecule has 0 radical (unpaired) electrons. The van der Waals surface area contributed by atoms with Gasteiger partial charge >= 0.3 is 11.9 Å². The van der Waals surface area contributed by atoms with Crippen LogP contribution in [0.2, 0.25) is 0 Å². The van der Waals surface area contributed by atoms with Gasteiger partial charge in [-0.3, -0.25) is 4.79 Å². The van der Waals surface area contributed by atoms with Crippen LogP contribution in [0.1, 0.15) is 34.1 Å². The minimum atomic E-state index is -1.78. The summed E-state index contributed by atoms with van der Waals surface area (Å²) in [5, 5.41) is 0. The Morgan fingerprint density at radius 3 is 2.34 bits per heavy atom. The first kappa shape index (κ1) is 22.7. The SMILES string of the molecule is CCOC(=O)C[C@@]1(C(=O)OCC)O[C@@H]2[C@H]3OC(C)(C)O[C@H]3O[C@@H]2[C@@H]1OC(=S)SC. The van der Waals surface area contributed by atoms with Crippen LogP contribution >= 0.6 is 24.0 Å². The van der Waals surface area contributed by atoms with Gasteiger partial charge in [0.05, 0.1) is 19.6 Å². The summed E-state index contributed by atoms with van der Waals surface area (Å²) in [5.74, 6) is -2.23. The highest BCUT2D eigenvalue weighted by Crippen LogP contribution is 2.49. The predicted octanol–water partition coefficient (Wildman–Crippen LogP) is 1.55. The standard InChI is InChI=1S/C18H26O9S2/c1-6-21-9(19)8-18(15(20)22-7-2)13(24-16(28)29-5)11-10(26-18)12-14(23-11)27-17(3,4)25-12/h10-14H,6-8H2,1-5H3/t10-,11-,12+,13-,14+,18+/m0/s1. The molecule has 0 aromatic heterocycles. The summed E-state index contributed by atoms with van der Waals surface area (Å²) < 4.78 is 40.2. The Labute approximate surface area is 179 Å². The lowest BCUT2D eigenvalue weighted by atomic mass is 9.90. The van der Waals surface area contributed by atoms with Crippen molar-refractivity contribution in [2.45, 2.75) is 76.2 Å². The molecule has 0 aromatic rings. The van der Waals surface area contributed by atoms with Crippen LogP contribution in [0.25, 0.3) is 0 Å². The number of rotatable bonds is 6. The van der Waals surface area contributed by atoms with Crippen LogP contribution in [-0.2, 0) is 42.7 Å². The smallest absolute Gasteiger partial charge is 0.343 e. The summed E-state index contributed by atoms with van der Waals surface area (Å²) in [6.07, 6.45) is -2.43. The van der Waals surface area contributed by atoms with E-state index < -0.39 is 60.5 Å². The molecule has 0 spiro atoms. The van der Waals surface area contributed by atoms with E-state index in [4.69, 9.17) is 45.4 Å². The second-order valence-corrected chi connectivity index (χ2v) is 8.64. The number of hydrogen-bond acceptors (Lipinski definition) is 11. The van der Waals surface area contributed by atoms with Crippen molar-refractivity contribution in [2.24, 2.45) is 0 Å². The largest absolute Gasteiger partial charge is 0.469 e. The number of carbonyl (C=O) groups excluding carboxylic acids is 2. The van der Waals surface area contributed by atoms with Crippen LogP contribution < -0.4 is 0 Å². The third-order valence-electron chi connectivity index (χ3n) is 4.85. The van der Waals surface area contributed by atoms with Gasteiger partial charge in [-0.25, -0.2) is 4.79 Å². The minimum absolute atomic E-state index is 0.0986. The number of esters is 2. The van der Waals surface area contributed by atoms with Gasteiger partial charge in [0.25, 0.3) is 0 Å². The van der Waals surface area contributed by atoms with Crippen molar-refractivity contribution in [1.29, 1.82) is 0 Å². The van der Waals surface area contributed by atoms with Crippen LogP contribution in [0, 0.1) is 0 Å². The number of hydrogen-bond donors (Lipinski definition) is 0. The van der Waals surface area contributed by atoms with Crippen LogP contribution in [0.4, 0.5) is 0 Å². The highest BCUT2D eigenvalue weighted by molar-refractivity contribution is 8.22. The second-order valence-electron chi connectivity index (χ2n) is 7.24. The Hall–Kier alpha value is -0.980. The van der Waals surface area contributed by atoms with E-state index in [2.05, 4.69) is 0 Å². The lowest BCUT2D eigenvalue weighted by Crippen LogP contribution is -2.54. The summed E-state index contributed by atoms with van der Waals surface area (Å²) >= 11 is 6.40. The Morgan fingerprint density at radius 1 is 1.03 bits per heavy atom. The van der Waals surface area contributed by atoms with E-state index in [1.807, 2.05) is 0 Å². The van der Waals surface area contributed by atoms with E-state index in [-0.39, 0.29) is 17.6 Å². The number of thiocarbonyl (C=S) groups is 1. The average molecular weight is 451 g/mol. The molecule has 29 heavy (non-hydrogen) atoms. The fraction of sp³-hybridized carbons (Fsp3) is 0.833. The zero-order chi connectivity index (χ0) is 21.4. The topological polar surface area (TPSA) is 98.8 Å². The highest BCUT2D eigenvalue weighted by atomic mass is 32.2. The van der Waals surface area contributed by atoms with Gasteiger partial charge in [0.1, 0.15) is 18.3 Å². The first-order valence-electron chi connectivity index (χ1n) is 9.43. The fourth-order valence-corrected chi connectivity index (χ4v) is 4.13. The van der Waals surface area contributed by atoms with Crippen molar-refractivity contribution in [3.63, 3.8) is 0 Å². The van der Waals surface area contributed by atoms with E-state index in [9.17, 15) is 9.59 Å². The molecule has 3 heterocycles. The molecule has 0 saturated carbocycles. The zero-order valence-electron chi connectivity index (χ0n) is 17.0. The Kier molecular flexibility index (Phi) is 6.76. The fourth-order valence-electron chi connectivity index (χ4n) is 3.83. The Morgan fingerprint density at radius 2 is 1.72 bits per heavy atom. The maximum atomic E-state index is 13.0.